The van der Waals surface area contributed by atoms with Crippen LogP contribution in [0.25, 0.3) is 0 Å². The topological polar surface area (TPSA) is 35.2 Å². The Morgan fingerprint density at radius 2 is 2.25 bits per heavy atom. The molecule has 0 bridgehead atoms. The zero-order chi connectivity index (χ0) is 11.5. The summed E-state index contributed by atoms with van der Waals surface area (Å²) in [4.78, 5) is 0. The first-order valence-corrected chi connectivity index (χ1v) is 6.19. The van der Waals surface area contributed by atoms with Gasteiger partial charge in [-0.25, -0.2) is 0 Å². The van der Waals surface area contributed by atoms with Crippen LogP contribution in [0.5, 0.6) is 5.75 Å². The maximum absolute atomic E-state index is 6.23. The molecule has 88 valence electrons. The molecule has 2 atom stereocenters. The molecule has 0 aromatic heterocycles. The largest absolute Gasteiger partial charge is 0.496 e. The van der Waals surface area contributed by atoms with Crippen LogP contribution in [0.15, 0.2) is 18.2 Å². The van der Waals surface area contributed by atoms with Gasteiger partial charge in [0.25, 0.3) is 0 Å². The highest BCUT2D eigenvalue weighted by atomic mass is 16.5. The number of rotatable bonds is 3. The molecule has 0 amide bonds. The highest BCUT2D eigenvalue weighted by molar-refractivity contribution is 5.44. The molecule has 1 aliphatic rings. The van der Waals surface area contributed by atoms with Crippen LogP contribution in [0, 0.1) is 0 Å². The van der Waals surface area contributed by atoms with Gasteiger partial charge in [0, 0.05) is 6.04 Å². The minimum Gasteiger partial charge on any atom is -0.496 e. The number of benzene rings is 1. The SMILES string of the molecule is CCCC1c2cccc(OC)c2CC[C@@H]1N. The Morgan fingerprint density at radius 1 is 1.44 bits per heavy atom. The van der Waals surface area contributed by atoms with E-state index in [2.05, 4.69) is 25.1 Å². The van der Waals surface area contributed by atoms with Gasteiger partial charge in [0.05, 0.1) is 7.11 Å². The zero-order valence-corrected chi connectivity index (χ0v) is 10.2. The van der Waals surface area contributed by atoms with Crippen LogP contribution in [-0.4, -0.2) is 13.2 Å². The molecule has 0 aliphatic heterocycles. The molecule has 1 aliphatic carbocycles. The first-order valence-electron chi connectivity index (χ1n) is 6.19. The van der Waals surface area contributed by atoms with Crippen LogP contribution in [0.2, 0.25) is 0 Å². The monoisotopic (exact) mass is 219 g/mol. The van der Waals surface area contributed by atoms with Crippen molar-refractivity contribution in [1.29, 1.82) is 0 Å². The quantitative estimate of drug-likeness (QED) is 0.848. The predicted molar refractivity (Wildman–Crippen MR) is 66.9 cm³/mol. The summed E-state index contributed by atoms with van der Waals surface area (Å²) >= 11 is 0. The number of hydrogen-bond donors (Lipinski definition) is 1. The van der Waals surface area contributed by atoms with Crippen molar-refractivity contribution in [2.75, 3.05) is 7.11 Å². The fraction of sp³-hybridized carbons (Fsp3) is 0.571. The summed E-state index contributed by atoms with van der Waals surface area (Å²) in [5, 5.41) is 0. The van der Waals surface area contributed by atoms with Crippen LogP contribution >= 0.6 is 0 Å². The number of nitrogens with two attached hydrogens (primary N) is 1. The lowest BCUT2D eigenvalue weighted by atomic mass is 9.77. The van der Waals surface area contributed by atoms with Crippen LogP contribution in [0.3, 0.4) is 0 Å². The number of methoxy groups -OCH3 is 1. The number of fused-ring (bicyclic) bond motifs is 1. The summed E-state index contributed by atoms with van der Waals surface area (Å²) in [5.41, 5.74) is 9.03. The Bertz CT molecular complexity index is 362. The van der Waals surface area contributed by atoms with E-state index in [1.165, 1.54) is 24.0 Å². The van der Waals surface area contributed by atoms with E-state index in [0.717, 1.165) is 18.6 Å². The molecule has 2 heteroatoms. The first-order chi connectivity index (χ1) is 7.77. The van der Waals surface area contributed by atoms with Crippen molar-refractivity contribution in [3.63, 3.8) is 0 Å². The van der Waals surface area contributed by atoms with Gasteiger partial charge in [0.15, 0.2) is 0 Å². The highest BCUT2D eigenvalue weighted by Crippen LogP contribution is 2.38. The van der Waals surface area contributed by atoms with Crippen LogP contribution in [0.4, 0.5) is 0 Å². The summed E-state index contributed by atoms with van der Waals surface area (Å²) in [6, 6.07) is 6.67. The summed E-state index contributed by atoms with van der Waals surface area (Å²) < 4.78 is 5.43. The van der Waals surface area contributed by atoms with Gasteiger partial charge in [-0.15, -0.1) is 0 Å². The van der Waals surface area contributed by atoms with Crippen molar-refractivity contribution in [3.8, 4) is 5.75 Å². The zero-order valence-electron chi connectivity index (χ0n) is 10.2. The maximum Gasteiger partial charge on any atom is 0.122 e. The lowest BCUT2D eigenvalue weighted by Crippen LogP contribution is -2.33. The highest BCUT2D eigenvalue weighted by Gasteiger charge is 2.27. The third-order valence-electron chi connectivity index (χ3n) is 3.63. The minimum atomic E-state index is 0.319. The molecule has 1 unspecified atom stereocenters. The maximum atomic E-state index is 6.23. The average molecular weight is 219 g/mol. The number of ether oxygens (including phenoxy) is 1. The molecule has 2 nitrogen and oxygen atoms in total. The Hall–Kier alpha value is -1.02. The molecule has 1 aromatic carbocycles. The second-order valence-electron chi connectivity index (χ2n) is 4.63. The van der Waals surface area contributed by atoms with E-state index in [1.54, 1.807) is 7.11 Å². The number of hydrogen-bond acceptors (Lipinski definition) is 2. The van der Waals surface area contributed by atoms with E-state index in [9.17, 15) is 0 Å². The molecular formula is C14H21NO. The standard InChI is InChI=1S/C14H21NO/c1-3-5-11-10-6-4-7-14(16-2)12(10)8-9-13(11)15/h4,6-7,11,13H,3,5,8-9,15H2,1-2H3/t11?,13-/m0/s1. The fourth-order valence-electron chi connectivity index (χ4n) is 2.81. The van der Waals surface area contributed by atoms with Crippen molar-refractivity contribution in [1.82, 2.24) is 0 Å². The van der Waals surface area contributed by atoms with Gasteiger partial charge in [-0.2, -0.15) is 0 Å². The second-order valence-corrected chi connectivity index (χ2v) is 4.63. The molecule has 0 radical (unpaired) electrons. The molecule has 16 heavy (non-hydrogen) atoms. The third-order valence-corrected chi connectivity index (χ3v) is 3.63. The summed E-state index contributed by atoms with van der Waals surface area (Å²) in [6.45, 7) is 2.22. The van der Waals surface area contributed by atoms with Crippen molar-refractivity contribution < 1.29 is 4.74 Å². The van der Waals surface area contributed by atoms with Crippen molar-refractivity contribution >= 4 is 0 Å². The molecule has 0 fully saturated rings. The second kappa shape index (κ2) is 4.88. The van der Waals surface area contributed by atoms with E-state index in [0.29, 0.717) is 12.0 Å². The van der Waals surface area contributed by atoms with Crippen molar-refractivity contribution in [2.24, 2.45) is 5.73 Å². The first kappa shape index (κ1) is 11.5. The van der Waals surface area contributed by atoms with Gasteiger partial charge in [0.2, 0.25) is 0 Å². The lowest BCUT2D eigenvalue weighted by Gasteiger charge is -2.32. The van der Waals surface area contributed by atoms with Gasteiger partial charge in [-0.3, -0.25) is 0 Å². The molecule has 0 saturated heterocycles. The molecule has 2 N–H and O–H groups in total. The van der Waals surface area contributed by atoms with Crippen molar-refractivity contribution in [3.05, 3.63) is 29.3 Å². The minimum absolute atomic E-state index is 0.319. The lowest BCUT2D eigenvalue weighted by molar-refractivity contribution is 0.391. The Morgan fingerprint density at radius 3 is 2.94 bits per heavy atom. The van der Waals surface area contributed by atoms with Crippen LogP contribution in [0.1, 0.15) is 43.2 Å². The molecule has 1 aromatic rings. The molecular weight excluding hydrogens is 198 g/mol. The summed E-state index contributed by atoms with van der Waals surface area (Å²) in [6.07, 6.45) is 4.51. The molecule has 0 heterocycles. The van der Waals surface area contributed by atoms with E-state index >= 15 is 0 Å². The van der Waals surface area contributed by atoms with Crippen LogP contribution in [-0.2, 0) is 6.42 Å². The average Bonchev–Trinajstić information content (AvgIpc) is 2.32. The molecule has 2 rings (SSSR count). The van der Waals surface area contributed by atoms with Crippen LogP contribution < -0.4 is 10.5 Å². The predicted octanol–water partition coefficient (Wildman–Crippen LogP) is 2.85. The Balaban J connectivity index is 2.39. The Labute approximate surface area is 97.8 Å². The normalized spacial score (nSPS) is 23.9. The summed E-state index contributed by atoms with van der Waals surface area (Å²) in [5.74, 6) is 1.55. The van der Waals surface area contributed by atoms with Gasteiger partial charge < -0.3 is 10.5 Å². The van der Waals surface area contributed by atoms with Crippen molar-refractivity contribution in [2.45, 2.75) is 44.6 Å². The van der Waals surface area contributed by atoms with E-state index in [-0.39, 0.29) is 0 Å². The van der Waals surface area contributed by atoms with E-state index in [1.807, 2.05) is 0 Å². The molecule has 0 saturated carbocycles. The van der Waals surface area contributed by atoms with Gasteiger partial charge in [-0.1, -0.05) is 25.5 Å². The fourth-order valence-corrected chi connectivity index (χ4v) is 2.81. The van der Waals surface area contributed by atoms with Gasteiger partial charge in [0.1, 0.15) is 5.75 Å². The van der Waals surface area contributed by atoms with E-state index < -0.39 is 0 Å². The smallest absolute Gasteiger partial charge is 0.122 e. The van der Waals surface area contributed by atoms with Gasteiger partial charge in [-0.05, 0) is 42.4 Å². The van der Waals surface area contributed by atoms with E-state index in [4.69, 9.17) is 10.5 Å². The third kappa shape index (κ3) is 1.94. The summed E-state index contributed by atoms with van der Waals surface area (Å²) in [7, 11) is 1.75. The van der Waals surface area contributed by atoms with Gasteiger partial charge >= 0.3 is 0 Å². The Kier molecular flexibility index (Phi) is 3.49. The molecule has 0 spiro atoms.